The van der Waals surface area contributed by atoms with Crippen LogP contribution in [0.25, 0.3) is 0 Å². The third-order valence-corrected chi connectivity index (χ3v) is 18.0. The molecule has 0 saturated heterocycles. The van der Waals surface area contributed by atoms with Gasteiger partial charge in [-0.05, 0) is 141 Å². The molecule has 5 unspecified atom stereocenters. The van der Waals surface area contributed by atoms with E-state index < -0.39 is 97.5 Å². The molecule has 0 aliphatic carbocycles. The SMILES string of the molecule is CC/C=C\C/C=C\C/C=C\C/C=C\C/C=C\C/C=C\CCC(=O)OCC(COP(=O)(O)OCC(O)COP(=O)(O)OCC(COC(=O)CCCC/C=C\C/C=C\C/C=C\C/C=C\CC)OC(=O)CCCCCCCCCCCCCCCCC)OC(=O)CC/C=C\C/C=C\C/C=C\C/C=C\C/C=C\C/C=C\CC. The Morgan fingerprint density at radius 2 is 0.500 bits per heavy atom. The van der Waals surface area contributed by atoms with Crippen LogP contribution in [0, 0.1) is 0 Å². The third kappa shape index (κ3) is 78.0. The highest BCUT2D eigenvalue weighted by Gasteiger charge is 2.30. The molecule has 0 heterocycles. The van der Waals surface area contributed by atoms with Gasteiger partial charge in [-0.1, -0.05) is 312 Å². The van der Waals surface area contributed by atoms with Crippen molar-refractivity contribution in [2.45, 2.75) is 303 Å². The normalized spacial score (nSPS) is 14.8. The average molecular weight is 1550 g/mol. The van der Waals surface area contributed by atoms with Crippen molar-refractivity contribution in [2.24, 2.45) is 0 Å². The molecule has 0 amide bonds. The second-order valence-electron chi connectivity index (χ2n) is 26.2. The lowest BCUT2D eigenvalue weighted by atomic mass is 10.0. The molecular weight excluding hydrogens is 1400 g/mol. The van der Waals surface area contributed by atoms with Gasteiger partial charge >= 0.3 is 39.5 Å². The number of carbonyl (C=O) groups excluding carboxylic acids is 4. The second kappa shape index (κ2) is 79.0. The highest BCUT2D eigenvalue weighted by Crippen LogP contribution is 2.45. The first-order valence-electron chi connectivity index (χ1n) is 40.7. The number of aliphatic hydroxyl groups excluding tert-OH is 1. The molecule has 610 valence electrons. The summed E-state index contributed by atoms with van der Waals surface area (Å²) in [6.07, 6.45) is 97.3. The Morgan fingerprint density at radius 1 is 0.269 bits per heavy atom. The van der Waals surface area contributed by atoms with E-state index in [-0.39, 0.29) is 25.7 Å². The molecule has 17 nitrogen and oxygen atoms in total. The second-order valence-corrected chi connectivity index (χ2v) is 29.1. The number of carbonyl (C=O) groups is 4. The summed E-state index contributed by atoms with van der Waals surface area (Å²) >= 11 is 0. The largest absolute Gasteiger partial charge is 0.472 e. The molecule has 3 N–H and O–H groups in total. The minimum Gasteiger partial charge on any atom is -0.462 e. The van der Waals surface area contributed by atoms with Crippen molar-refractivity contribution in [1.82, 2.24) is 0 Å². The number of ether oxygens (including phenoxy) is 4. The highest BCUT2D eigenvalue weighted by molar-refractivity contribution is 7.47. The zero-order valence-electron chi connectivity index (χ0n) is 66.7. The number of allylic oxidation sites excluding steroid dienone is 32. The summed E-state index contributed by atoms with van der Waals surface area (Å²) in [5.74, 6) is -2.43. The number of esters is 4. The number of phosphoric ester groups is 2. The van der Waals surface area contributed by atoms with E-state index in [9.17, 15) is 43.2 Å². The van der Waals surface area contributed by atoms with Crippen LogP contribution in [0.4, 0.5) is 0 Å². The lowest BCUT2D eigenvalue weighted by Gasteiger charge is -2.21. The molecule has 19 heteroatoms. The molecule has 0 saturated carbocycles. The molecule has 0 bridgehead atoms. The zero-order valence-corrected chi connectivity index (χ0v) is 68.5. The third-order valence-electron chi connectivity index (χ3n) is 16.1. The number of hydrogen-bond acceptors (Lipinski definition) is 15. The Labute approximate surface area is 653 Å². The van der Waals surface area contributed by atoms with Gasteiger partial charge in [-0.15, -0.1) is 0 Å². The Morgan fingerprint density at radius 3 is 0.815 bits per heavy atom. The van der Waals surface area contributed by atoms with Crippen LogP contribution in [0.3, 0.4) is 0 Å². The molecule has 5 atom stereocenters. The van der Waals surface area contributed by atoms with Crippen molar-refractivity contribution < 1.29 is 80.2 Å². The molecule has 0 fully saturated rings. The van der Waals surface area contributed by atoms with E-state index in [0.29, 0.717) is 38.5 Å². The number of aliphatic hydroxyl groups is 1. The van der Waals surface area contributed by atoms with E-state index in [1.807, 2.05) is 36.5 Å². The predicted octanol–water partition coefficient (Wildman–Crippen LogP) is 24.1. The first kappa shape index (κ1) is 102. The average Bonchev–Trinajstić information content (AvgIpc) is 0.896. The van der Waals surface area contributed by atoms with Crippen molar-refractivity contribution in [2.75, 3.05) is 39.6 Å². The van der Waals surface area contributed by atoms with Gasteiger partial charge in [-0.3, -0.25) is 37.3 Å². The topological polar surface area (TPSA) is 237 Å². The minimum atomic E-state index is -5.03. The highest BCUT2D eigenvalue weighted by atomic mass is 31.2. The van der Waals surface area contributed by atoms with Crippen LogP contribution in [-0.2, 0) is 65.4 Å². The molecule has 0 rings (SSSR count). The number of unbranched alkanes of at least 4 members (excludes halogenated alkanes) is 16. The van der Waals surface area contributed by atoms with Crippen LogP contribution in [0.15, 0.2) is 194 Å². The molecule has 108 heavy (non-hydrogen) atoms. The maximum Gasteiger partial charge on any atom is 0.472 e. The lowest BCUT2D eigenvalue weighted by molar-refractivity contribution is -0.161. The van der Waals surface area contributed by atoms with E-state index in [1.165, 1.54) is 64.2 Å². The fourth-order valence-corrected chi connectivity index (χ4v) is 11.6. The molecular formula is C89H142O17P2. The van der Waals surface area contributed by atoms with Crippen LogP contribution >= 0.6 is 15.6 Å². The van der Waals surface area contributed by atoms with Crippen molar-refractivity contribution in [1.29, 1.82) is 0 Å². The summed E-state index contributed by atoms with van der Waals surface area (Å²) in [5.41, 5.74) is 0. The summed E-state index contributed by atoms with van der Waals surface area (Å²) in [6, 6.07) is 0. The molecule has 0 aromatic carbocycles. The molecule has 0 aliphatic rings. The van der Waals surface area contributed by atoms with Crippen molar-refractivity contribution in [3.63, 3.8) is 0 Å². The van der Waals surface area contributed by atoms with Crippen LogP contribution in [0.2, 0.25) is 0 Å². The van der Waals surface area contributed by atoms with Gasteiger partial charge in [0.15, 0.2) is 12.2 Å². The Bertz CT molecular complexity index is 2810. The van der Waals surface area contributed by atoms with E-state index in [4.69, 9.17) is 37.0 Å². The molecule has 0 radical (unpaired) electrons. The van der Waals surface area contributed by atoms with Gasteiger partial charge in [0.2, 0.25) is 0 Å². The first-order valence-corrected chi connectivity index (χ1v) is 43.7. The molecule has 0 aromatic rings. The molecule has 0 aliphatic heterocycles. The van der Waals surface area contributed by atoms with Crippen LogP contribution in [0.1, 0.15) is 285 Å². The first-order chi connectivity index (χ1) is 52.7. The van der Waals surface area contributed by atoms with E-state index >= 15 is 0 Å². The van der Waals surface area contributed by atoms with Crippen molar-refractivity contribution in [3.05, 3.63) is 194 Å². The Kier molecular flexibility index (Phi) is 74.5. The van der Waals surface area contributed by atoms with Gasteiger partial charge in [0.05, 0.1) is 26.4 Å². The van der Waals surface area contributed by atoms with Gasteiger partial charge in [-0.25, -0.2) is 9.13 Å². The minimum absolute atomic E-state index is 0.0117. The lowest BCUT2D eigenvalue weighted by Crippen LogP contribution is -2.30. The predicted molar refractivity (Wildman–Crippen MR) is 445 cm³/mol. The Hall–Kier alpha value is -6.10. The van der Waals surface area contributed by atoms with Crippen LogP contribution in [0.5, 0.6) is 0 Å². The Balaban J connectivity index is 5.56. The monoisotopic (exact) mass is 1540 g/mol. The summed E-state index contributed by atoms with van der Waals surface area (Å²) < 4.78 is 68.5. The van der Waals surface area contributed by atoms with Gasteiger partial charge < -0.3 is 33.8 Å². The van der Waals surface area contributed by atoms with Gasteiger partial charge in [0, 0.05) is 25.7 Å². The maximum atomic E-state index is 13.1. The number of rotatable bonds is 74. The summed E-state index contributed by atoms with van der Waals surface area (Å²) in [6.45, 7) is 4.30. The van der Waals surface area contributed by atoms with Gasteiger partial charge in [-0.2, -0.15) is 0 Å². The van der Waals surface area contributed by atoms with Gasteiger partial charge in [0.25, 0.3) is 0 Å². The molecule has 0 aromatic heterocycles. The smallest absolute Gasteiger partial charge is 0.462 e. The fraction of sp³-hybridized carbons (Fsp3) is 0.596. The quantitative estimate of drug-likeness (QED) is 0.0169. The number of hydrogen-bond donors (Lipinski definition) is 3. The van der Waals surface area contributed by atoms with E-state index in [0.717, 1.165) is 128 Å². The zero-order chi connectivity index (χ0) is 78.9. The molecule has 0 spiro atoms. The summed E-state index contributed by atoms with van der Waals surface area (Å²) in [7, 11) is -10.0. The van der Waals surface area contributed by atoms with Crippen molar-refractivity contribution >= 4 is 39.5 Å². The number of phosphoric acid groups is 2. The summed E-state index contributed by atoms with van der Waals surface area (Å²) in [5, 5.41) is 10.7. The summed E-state index contributed by atoms with van der Waals surface area (Å²) in [4.78, 5) is 73.0. The van der Waals surface area contributed by atoms with Crippen molar-refractivity contribution in [3.8, 4) is 0 Å². The van der Waals surface area contributed by atoms with Crippen LogP contribution < -0.4 is 0 Å². The maximum absolute atomic E-state index is 13.1. The van der Waals surface area contributed by atoms with Gasteiger partial charge in [0.1, 0.15) is 19.3 Å². The van der Waals surface area contributed by atoms with Crippen LogP contribution in [-0.4, -0.2) is 96.7 Å². The fourth-order valence-electron chi connectivity index (χ4n) is 10.0. The van der Waals surface area contributed by atoms with E-state index in [2.05, 4.69) is 186 Å². The van der Waals surface area contributed by atoms with E-state index in [1.54, 1.807) is 0 Å². The standard InChI is InChI=1S/C89H142O17P2/c1-5-9-13-17-21-25-29-33-37-39-41-43-47-50-54-58-62-66-70-74-87(92)100-80-85(106-89(94)76-72-68-64-60-56-52-48-44-42-40-38-34-30-26-22-18-14-10-6-2)82-104-108(97,98)102-78-83(90)77-101-107(95,96)103-81-84(105-88(93)75-71-67-63-59-55-51-46-36-32-28-24-20-16-12-8-4)79-99-86(91)73-69-65-61-57-53-49-45-35-31-27-23-19-15-11-7-3/h9-11,13-15,21-23,25-27,33-35,37-38,41-45,50,52-54,56-57,62,64,66,68,83-85,90H,5-8,12,16-20,24,28-32,36,39-40,46-49,51,55,58-61,63,65,67,69-82H2,1-4H3,(H,95,96)(H,97,98)/b13-9-,14-10-,15-11-,25-21-,26-22-,27-23-,37-33-,38-34-,43-41-,44-42-,45-35-,54-50-,56-52-,57-53-,66-62-,68-64-.